The van der Waals surface area contributed by atoms with Gasteiger partial charge in [0.2, 0.25) is 5.88 Å². The zero-order chi connectivity index (χ0) is 21.2. The smallest absolute Gasteiger partial charge is 0.266 e. The lowest BCUT2D eigenvalue weighted by molar-refractivity contribution is 0.204. The Kier molecular flexibility index (Phi) is 5.55. The van der Waals surface area contributed by atoms with E-state index in [1.54, 1.807) is 25.6 Å². The van der Waals surface area contributed by atoms with Gasteiger partial charge in [-0.2, -0.15) is 5.10 Å². The van der Waals surface area contributed by atoms with Crippen LogP contribution in [-0.4, -0.2) is 56.9 Å². The van der Waals surface area contributed by atoms with E-state index in [9.17, 15) is 4.79 Å². The summed E-state index contributed by atoms with van der Waals surface area (Å²) in [6.45, 7) is 4.47. The summed E-state index contributed by atoms with van der Waals surface area (Å²) < 4.78 is 7.58. The molecule has 0 N–H and O–H groups in total. The molecule has 31 heavy (non-hydrogen) atoms. The fourth-order valence-electron chi connectivity index (χ4n) is 4.49. The van der Waals surface area contributed by atoms with E-state index in [2.05, 4.69) is 43.1 Å². The molecule has 0 atom stereocenters. The third-order valence-electron chi connectivity index (χ3n) is 6.33. The van der Waals surface area contributed by atoms with Crippen LogP contribution in [0.3, 0.4) is 0 Å². The molecular formula is C23H28N6O2. The number of fused-ring (bicyclic) bond motifs is 1. The predicted molar refractivity (Wildman–Crippen MR) is 119 cm³/mol. The summed E-state index contributed by atoms with van der Waals surface area (Å²) in [4.78, 5) is 25.4. The van der Waals surface area contributed by atoms with Gasteiger partial charge in [-0.05, 0) is 49.4 Å². The molecule has 5 rings (SSSR count). The zero-order valence-corrected chi connectivity index (χ0v) is 17.9. The van der Waals surface area contributed by atoms with Crippen molar-refractivity contribution in [2.24, 2.45) is 7.05 Å². The van der Waals surface area contributed by atoms with E-state index >= 15 is 0 Å². The van der Waals surface area contributed by atoms with Gasteiger partial charge in [0.1, 0.15) is 12.4 Å². The maximum atomic E-state index is 11.8. The van der Waals surface area contributed by atoms with Crippen LogP contribution in [0.25, 0.3) is 10.9 Å². The summed E-state index contributed by atoms with van der Waals surface area (Å²) in [5, 5.41) is 5.11. The van der Waals surface area contributed by atoms with Crippen LogP contribution < -0.4 is 15.2 Å². The van der Waals surface area contributed by atoms with E-state index in [1.807, 2.05) is 0 Å². The van der Waals surface area contributed by atoms with Crippen molar-refractivity contribution < 1.29 is 4.74 Å². The number of aryl methyl sites for hydroxylation is 1. The molecule has 8 nitrogen and oxygen atoms in total. The number of hydrogen-bond acceptors (Lipinski definition) is 7. The summed E-state index contributed by atoms with van der Waals surface area (Å²) >= 11 is 0. The first-order valence-corrected chi connectivity index (χ1v) is 11.1. The Hall–Kier alpha value is -3.00. The van der Waals surface area contributed by atoms with Gasteiger partial charge in [-0.1, -0.05) is 0 Å². The van der Waals surface area contributed by atoms with Gasteiger partial charge in [-0.15, -0.1) is 0 Å². The Labute approximate surface area is 181 Å². The largest absolute Gasteiger partial charge is 0.474 e. The van der Waals surface area contributed by atoms with Crippen LogP contribution >= 0.6 is 0 Å². The van der Waals surface area contributed by atoms with Gasteiger partial charge in [0.25, 0.3) is 5.56 Å². The molecule has 0 radical (unpaired) electrons. The van der Waals surface area contributed by atoms with Gasteiger partial charge in [0, 0.05) is 51.5 Å². The first kappa shape index (κ1) is 19.9. The number of ether oxygens (including phenoxy) is 1. The number of anilines is 1. The maximum Gasteiger partial charge on any atom is 0.266 e. The number of hydrogen-bond donors (Lipinski definition) is 0. The summed E-state index contributed by atoms with van der Waals surface area (Å²) in [6, 6.07) is 8.04. The summed E-state index contributed by atoms with van der Waals surface area (Å²) in [6.07, 6.45) is 8.33. The third kappa shape index (κ3) is 4.39. The second-order valence-corrected chi connectivity index (χ2v) is 8.49. The molecule has 162 valence electrons. The second-order valence-electron chi connectivity index (χ2n) is 8.49. The van der Waals surface area contributed by atoms with Crippen molar-refractivity contribution in [2.75, 3.05) is 31.1 Å². The van der Waals surface area contributed by atoms with Crippen LogP contribution in [0, 0.1) is 0 Å². The second kappa shape index (κ2) is 8.63. The van der Waals surface area contributed by atoms with Gasteiger partial charge in [-0.25, -0.2) is 14.6 Å². The van der Waals surface area contributed by atoms with Crippen molar-refractivity contribution in [1.82, 2.24) is 24.6 Å². The Morgan fingerprint density at radius 2 is 1.87 bits per heavy atom. The van der Waals surface area contributed by atoms with Gasteiger partial charge < -0.3 is 9.64 Å². The van der Waals surface area contributed by atoms with Gasteiger partial charge >= 0.3 is 0 Å². The third-order valence-corrected chi connectivity index (χ3v) is 6.33. The van der Waals surface area contributed by atoms with E-state index in [0.29, 0.717) is 5.88 Å². The monoisotopic (exact) mass is 420 g/mol. The van der Waals surface area contributed by atoms with E-state index < -0.39 is 0 Å². The number of rotatable bonds is 5. The van der Waals surface area contributed by atoms with Crippen molar-refractivity contribution in [3.63, 3.8) is 0 Å². The number of piperazine rings is 1. The van der Waals surface area contributed by atoms with Crippen molar-refractivity contribution in [3.05, 3.63) is 52.7 Å². The minimum absolute atomic E-state index is 0.0647. The van der Waals surface area contributed by atoms with Crippen molar-refractivity contribution in [2.45, 2.75) is 38.3 Å². The average Bonchev–Trinajstić information content (AvgIpc) is 3.30. The lowest BCUT2D eigenvalue weighted by Crippen LogP contribution is -2.46. The zero-order valence-electron chi connectivity index (χ0n) is 17.9. The topological polar surface area (TPSA) is 76.4 Å². The van der Waals surface area contributed by atoms with Crippen molar-refractivity contribution in [3.8, 4) is 5.88 Å². The van der Waals surface area contributed by atoms with E-state index in [-0.39, 0.29) is 11.7 Å². The molecule has 0 bridgehead atoms. The van der Waals surface area contributed by atoms with Gasteiger partial charge in [0.05, 0.1) is 17.1 Å². The van der Waals surface area contributed by atoms with Crippen LogP contribution in [0.1, 0.15) is 31.2 Å². The molecule has 1 aliphatic carbocycles. The van der Waals surface area contributed by atoms with Gasteiger partial charge in [-0.3, -0.25) is 9.69 Å². The van der Waals surface area contributed by atoms with Crippen LogP contribution in [0.4, 0.5) is 5.69 Å². The molecule has 0 unspecified atom stereocenters. The molecule has 3 heterocycles. The molecule has 2 aliphatic rings. The Morgan fingerprint density at radius 1 is 1.06 bits per heavy atom. The maximum absolute atomic E-state index is 11.8. The van der Waals surface area contributed by atoms with E-state index in [0.717, 1.165) is 62.0 Å². The Balaban J connectivity index is 1.27. The number of aromatic nitrogens is 4. The normalized spacial score (nSPS) is 18.0. The van der Waals surface area contributed by atoms with Crippen LogP contribution in [-0.2, 0) is 13.6 Å². The molecule has 1 saturated carbocycles. The van der Waals surface area contributed by atoms with E-state index in [1.165, 1.54) is 23.2 Å². The van der Waals surface area contributed by atoms with Crippen LogP contribution in [0.5, 0.6) is 5.88 Å². The lowest BCUT2D eigenvalue weighted by atomic mass is 10.1. The van der Waals surface area contributed by atoms with Gasteiger partial charge in [0.15, 0.2) is 0 Å². The molecule has 0 spiro atoms. The fraction of sp³-hybridized carbons (Fsp3) is 0.478. The average molecular weight is 421 g/mol. The SMILES string of the molecule is Cn1ncc(CN2CCN(c3ccc4ncnc(OC5CCCC5)c4c3)CC2)cc1=O. The van der Waals surface area contributed by atoms with E-state index in [4.69, 9.17) is 4.74 Å². The highest BCUT2D eigenvalue weighted by atomic mass is 16.5. The number of nitrogens with zero attached hydrogens (tertiary/aromatic N) is 6. The minimum Gasteiger partial charge on any atom is -0.474 e. The van der Waals surface area contributed by atoms with Crippen LogP contribution in [0.2, 0.25) is 0 Å². The molecular weight excluding hydrogens is 392 g/mol. The molecule has 1 aliphatic heterocycles. The van der Waals surface area contributed by atoms with Crippen molar-refractivity contribution in [1.29, 1.82) is 0 Å². The lowest BCUT2D eigenvalue weighted by Gasteiger charge is -2.36. The fourth-order valence-corrected chi connectivity index (χ4v) is 4.49. The first-order chi connectivity index (χ1) is 15.2. The minimum atomic E-state index is -0.0647. The predicted octanol–water partition coefficient (Wildman–Crippen LogP) is 2.37. The standard InChI is InChI=1S/C23H28N6O2/c1-27-22(30)12-17(14-26-27)15-28-8-10-29(11-9-28)18-6-7-21-20(13-18)23(25-16-24-21)31-19-4-2-3-5-19/h6-7,12-14,16,19H,2-5,8-11,15H2,1H3. The molecule has 1 aromatic carbocycles. The summed E-state index contributed by atoms with van der Waals surface area (Å²) in [5.74, 6) is 0.704. The first-order valence-electron chi connectivity index (χ1n) is 11.1. The molecule has 3 aromatic rings. The summed E-state index contributed by atoms with van der Waals surface area (Å²) in [5.41, 5.74) is 3.00. The molecule has 0 amide bonds. The summed E-state index contributed by atoms with van der Waals surface area (Å²) in [7, 11) is 1.67. The highest BCUT2D eigenvalue weighted by Gasteiger charge is 2.21. The van der Waals surface area contributed by atoms with Crippen molar-refractivity contribution >= 4 is 16.6 Å². The Bertz CT molecular complexity index is 1120. The molecule has 2 fully saturated rings. The molecule has 8 heteroatoms. The molecule has 2 aromatic heterocycles. The highest BCUT2D eigenvalue weighted by Crippen LogP contribution is 2.30. The highest BCUT2D eigenvalue weighted by molar-refractivity contribution is 5.86. The molecule has 1 saturated heterocycles. The quantitative estimate of drug-likeness (QED) is 0.627. The van der Waals surface area contributed by atoms with Crippen LogP contribution in [0.15, 0.2) is 41.6 Å². The number of benzene rings is 1. The Morgan fingerprint density at radius 3 is 2.65 bits per heavy atom.